The Morgan fingerprint density at radius 2 is 2.05 bits per heavy atom. The molecule has 5 heteroatoms. The monoisotopic (exact) mass is 285 g/mol. The van der Waals surface area contributed by atoms with Crippen LogP contribution in [0.15, 0.2) is 18.2 Å². The van der Waals surface area contributed by atoms with Crippen LogP contribution in [0.25, 0.3) is 0 Å². The summed E-state index contributed by atoms with van der Waals surface area (Å²) in [5.74, 6) is -2.29. The van der Waals surface area contributed by atoms with Gasteiger partial charge in [0.15, 0.2) is 11.6 Å². The standard InChI is InChI=1S/C15H21F2NO2/c1-4-9-18-15(3,10-13(19)20-5-2)11-7-6-8-12(16)14(11)17/h6-8,18H,4-5,9-10H2,1-3H3. The van der Waals surface area contributed by atoms with Gasteiger partial charge in [0.25, 0.3) is 0 Å². The minimum Gasteiger partial charge on any atom is -0.466 e. The zero-order chi connectivity index (χ0) is 15.2. The molecule has 0 aliphatic heterocycles. The van der Waals surface area contributed by atoms with Gasteiger partial charge in [0.2, 0.25) is 0 Å². The first kappa shape index (κ1) is 16.6. The van der Waals surface area contributed by atoms with Gasteiger partial charge in [0, 0.05) is 5.56 Å². The Balaban J connectivity index is 3.09. The summed E-state index contributed by atoms with van der Waals surface area (Å²) in [5.41, 5.74) is -0.854. The van der Waals surface area contributed by atoms with Crippen molar-refractivity contribution in [2.24, 2.45) is 0 Å². The van der Waals surface area contributed by atoms with Gasteiger partial charge in [-0.25, -0.2) is 8.78 Å². The molecule has 0 aliphatic rings. The minimum absolute atomic E-state index is 0.0544. The van der Waals surface area contributed by atoms with E-state index in [-0.39, 0.29) is 18.6 Å². The first-order valence-corrected chi connectivity index (χ1v) is 6.79. The summed E-state index contributed by atoms with van der Waals surface area (Å²) in [6.45, 7) is 6.19. The molecule has 0 radical (unpaired) electrons. The molecular formula is C15H21F2NO2. The van der Waals surface area contributed by atoms with Gasteiger partial charge in [0.05, 0.1) is 18.6 Å². The molecule has 112 valence electrons. The van der Waals surface area contributed by atoms with E-state index < -0.39 is 23.1 Å². The highest BCUT2D eigenvalue weighted by atomic mass is 19.2. The summed E-state index contributed by atoms with van der Waals surface area (Å²) in [7, 11) is 0. The molecule has 0 aliphatic carbocycles. The number of esters is 1. The number of carbonyl (C=O) groups is 1. The highest BCUT2D eigenvalue weighted by molar-refractivity contribution is 5.71. The fourth-order valence-electron chi connectivity index (χ4n) is 2.08. The number of halogens is 2. The molecule has 1 atom stereocenters. The van der Waals surface area contributed by atoms with Gasteiger partial charge in [-0.15, -0.1) is 0 Å². The third kappa shape index (κ3) is 4.00. The van der Waals surface area contributed by atoms with Crippen LogP contribution >= 0.6 is 0 Å². The zero-order valence-corrected chi connectivity index (χ0v) is 12.1. The molecular weight excluding hydrogens is 264 g/mol. The molecule has 3 nitrogen and oxygen atoms in total. The lowest BCUT2D eigenvalue weighted by Gasteiger charge is -2.31. The Kier molecular flexibility index (Phi) is 6.07. The van der Waals surface area contributed by atoms with Crippen molar-refractivity contribution in [1.82, 2.24) is 5.32 Å². The van der Waals surface area contributed by atoms with Crippen molar-refractivity contribution in [3.63, 3.8) is 0 Å². The maximum atomic E-state index is 14.0. The van der Waals surface area contributed by atoms with Crippen LogP contribution in [-0.4, -0.2) is 19.1 Å². The van der Waals surface area contributed by atoms with Gasteiger partial charge in [-0.2, -0.15) is 0 Å². The normalized spacial score (nSPS) is 13.8. The molecule has 0 aromatic heterocycles. The Morgan fingerprint density at radius 1 is 1.35 bits per heavy atom. The van der Waals surface area contributed by atoms with E-state index in [1.165, 1.54) is 12.1 Å². The van der Waals surface area contributed by atoms with Crippen molar-refractivity contribution >= 4 is 5.97 Å². The summed E-state index contributed by atoms with van der Waals surface area (Å²) in [6, 6.07) is 3.98. The summed E-state index contributed by atoms with van der Waals surface area (Å²) in [4.78, 5) is 11.7. The molecule has 0 bridgehead atoms. The predicted octanol–water partition coefficient (Wildman–Crippen LogP) is 3.13. The Hall–Kier alpha value is -1.49. The average Bonchev–Trinajstić information content (AvgIpc) is 2.39. The van der Waals surface area contributed by atoms with Crippen LogP contribution in [0.3, 0.4) is 0 Å². The van der Waals surface area contributed by atoms with E-state index in [4.69, 9.17) is 4.74 Å². The van der Waals surface area contributed by atoms with Crippen LogP contribution in [0.1, 0.15) is 39.2 Å². The number of nitrogens with one attached hydrogen (secondary N) is 1. The topological polar surface area (TPSA) is 38.3 Å². The third-order valence-electron chi connectivity index (χ3n) is 3.11. The molecule has 0 fully saturated rings. The minimum atomic E-state index is -0.992. The van der Waals surface area contributed by atoms with Crippen molar-refractivity contribution in [3.05, 3.63) is 35.4 Å². The number of rotatable bonds is 7. The van der Waals surface area contributed by atoms with Crippen molar-refractivity contribution < 1.29 is 18.3 Å². The van der Waals surface area contributed by atoms with E-state index in [9.17, 15) is 13.6 Å². The summed E-state index contributed by atoms with van der Waals surface area (Å²) in [5, 5.41) is 3.11. The molecule has 0 saturated heterocycles. The lowest BCUT2D eigenvalue weighted by Crippen LogP contribution is -2.43. The Bertz CT molecular complexity index is 465. The largest absolute Gasteiger partial charge is 0.466 e. The number of hydrogen-bond donors (Lipinski definition) is 1. The quantitative estimate of drug-likeness (QED) is 0.782. The van der Waals surface area contributed by atoms with Crippen molar-refractivity contribution in [1.29, 1.82) is 0 Å². The van der Waals surface area contributed by atoms with Gasteiger partial charge in [-0.05, 0) is 32.9 Å². The van der Waals surface area contributed by atoms with Gasteiger partial charge < -0.3 is 10.1 Å². The molecule has 20 heavy (non-hydrogen) atoms. The lowest BCUT2D eigenvalue weighted by molar-refractivity contribution is -0.144. The Morgan fingerprint density at radius 3 is 2.65 bits per heavy atom. The van der Waals surface area contributed by atoms with Gasteiger partial charge in [-0.1, -0.05) is 19.1 Å². The number of ether oxygens (including phenoxy) is 1. The first-order chi connectivity index (χ1) is 9.44. The maximum absolute atomic E-state index is 14.0. The SMILES string of the molecule is CCCNC(C)(CC(=O)OCC)c1cccc(F)c1F. The van der Waals surface area contributed by atoms with Gasteiger partial charge in [0.1, 0.15) is 0 Å². The van der Waals surface area contributed by atoms with E-state index in [0.717, 1.165) is 12.5 Å². The highest BCUT2D eigenvalue weighted by Crippen LogP contribution is 2.28. The molecule has 0 spiro atoms. The maximum Gasteiger partial charge on any atom is 0.307 e. The summed E-state index contributed by atoms with van der Waals surface area (Å²) >= 11 is 0. The van der Waals surface area contributed by atoms with Crippen LogP contribution in [0.5, 0.6) is 0 Å². The second kappa shape index (κ2) is 7.33. The second-order valence-corrected chi connectivity index (χ2v) is 4.84. The molecule has 0 heterocycles. The van der Waals surface area contributed by atoms with E-state index >= 15 is 0 Å². The molecule has 1 aromatic carbocycles. The number of carbonyl (C=O) groups excluding carboxylic acids is 1. The van der Waals surface area contributed by atoms with E-state index in [1.807, 2.05) is 6.92 Å². The lowest BCUT2D eigenvalue weighted by atomic mass is 9.87. The molecule has 0 saturated carbocycles. The molecule has 1 unspecified atom stereocenters. The van der Waals surface area contributed by atoms with Crippen molar-refractivity contribution in [2.75, 3.05) is 13.2 Å². The van der Waals surface area contributed by atoms with Crippen LogP contribution in [0, 0.1) is 11.6 Å². The number of hydrogen-bond acceptors (Lipinski definition) is 3. The third-order valence-corrected chi connectivity index (χ3v) is 3.11. The molecule has 0 amide bonds. The predicted molar refractivity (Wildman–Crippen MR) is 73.3 cm³/mol. The van der Waals surface area contributed by atoms with Crippen LogP contribution in [0.4, 0.5) is 8.78 Å². The zero-order valence-electron chi connectivity index (χ0n) is 12.1. The number of benzene rings is 1. The van der Waals surface area contributed by atoms with Crippen LogP contribution in [0.2, 0.25) is 0 Å². The second-order valence-electron chi connectivity index (χ2n) is 4.84. The molecule has 1 N–H and O–H groups in total. The van der Waals surface area contributed by atoms with E-state index in [2.05, 4.69) is 5.32 Å². The van der Waals surface area contributed by atoms with Crippen molar-refractivity contribution in [2.45, 2.75) is 39.2 Å². The van der Waals surface area contributed by atoms with E-state index in [0.29, 0.717) is 6.54 Å². The van der Waals surface area contributed by atoms with Crippen LogP contribution in [-0.2, 0) is 15.1 Å². The van der Waals surface area contributed by atoms with E-state index in [1.54, 1.807) is 13.8 Å². The average molecular weight is 285 g/mol. The smallest absolute Gasteiger partial charge is 0.307 e. The van der Waals surface area contributed by atoms with Crippen molar-refractivity contribution in [3.8, 4) is 0 Å². The first-order valence-electron chi connectivity index (χ1n) is 6.79. The summed E-state index contributed by atoms with van der Waals surface area (Å²) < 4.78 is 32.3. The molecule has 1 aromatic rings. The summed E-state index contributed by atoms with van der Waals surface area (Å²) in [6.07, 6.45) is 0.760. The highest BCUT2D eigenvalue weighted by Gasteiger charge is 2.33. The fraction of sp³-hybridized carbons (Fsp3) is 0.533. The molecule has 1 rings (SSSR count). The van der Waals surface area contributed by atoms with Crippen LogP contribution < -0.4 is 5.32 Å². The van der Waals surface area contributed by atoms with Gasteiger partial charge in [-0.3, -0.25) is 4.79 Å². The Labute approximate surface area is 118 Å². The van der Waals surface area contributed by atoms with Gasteiger partial charge >= 0.3 is 5.97 Å². The fourth-order valence-corrected chi connectivity index (χ4v) is 2.08.